The van der Waals surface area contributed by atoms with E-state index in [-0.39, 0.29) is 18.1 Å². The van der Waals surface area contributed by atoms with Gasteiger partial charge in [-0.15, -0.1) is 11.3 Å². The van der Waals surface area contributed by atoms with Crippen LogP contribution in [0.4, 0.5) is 10.1 Å². The Morgan fingerprint density at radius 2 is 1.93 bits per heavy atom. The maximum atomic E-state index is 14.0. The number of methoxy groups -OCH3 is 1. The molecule has 4 rings (SSSR count). The van der Waals surface area contributed by atoms with Crippen LogP contribution >= 0.6 is 11.3 Å². The number of ether oxygens (including phenoxy) is 1. The molecule has 0 radical (unpaired) electrons. The molecule has 6 nitrogen and oxygen atoms in total. The number of benzene rings is 2. The molecule has 0 saturated carbocycles. The van der Waals surface area contributed by atoms with E-state index in [1.54, 1.807) is 48.7 Å². The Morgan fingerprint density at radius 3 is 2.67 bits per heavy atom. The molecule has 0 fully saturated rings. The van der Waals surface area contributed by atoms with Crippen LogP contribution in [0, 0.1) is 5.82 Å². The van der Waals surface area contributed by atoms with Crippen LogP contribution in [0.3, 0.4) is 0 Å². The van der Waals surface area contributed by atoms with Gasteiger partial charge < -0.3 is 10.1 Å². The van der Waals surface area contributed by atoms with Crippen molar-refractivity contribution < 1.29 is 18.7 Å². The van der Waals surface area contributed by atoms with Crippen molar-refractivity contribution in [3.63, 3.8) is 0 Å². The number of aryl methyl sites for hydroxylation is 1. The summed E-state index contributed by atoms with van der Waals surface area (Å²) >= 11 is 1.45. The Hall–Kier alpha value is -3.52. The van der Waals surface area contributed by atoms with Crippen molar-refractivity contribution in [3.8, 4) is 11.3 Å². The summed E-state index contributed by atoms with van der Waals surface area (Å²) in [6.07, 6.45) is 2.58. The number of carbonyl (C=O) groups is 2. The molecule has 152 valence electrons. The Kier molecular flexibility index (Phi) is 5.58. The lowest BCUT2D eigenvalue weighted by atomic mass is 10.1. The minimum absolute atomic E-state index is 0.144. The number of carbonyl (C=O) groups excluding carboxylic acids is 2. The van der Waals surface area contributed by atoms with Crippen LogP contribution in [0.15, 0.2) is 60.1 Å². The number of rotatable bonds is 6. The number of hydrogen-bond donors (Lipinski definition) is 1. The van der Waals surface area contributed by atoms with Crippen LogP contribution in [-0.2, 0) is 16.0 Å². The molecule has 4 aromatic rings. The summed E-state index contributed by atoms with van der Waals surface area (Å²) in [5, 5.41) is 4.76. The lowest BCUT2D eigenvalue weighted by Crippen LogP contribution is -2.13. The van der Waals surface area contributed by atoms with Crippen LogP contribution in [0.5, 0.6) is 0 Å². The summed E-state index contributed by atoms with van der Waals surface area (Å²) in [5.41, 5.74) is 2.97. The summed E-state index contributed by atoms with van der Waals surface area (Å²) in [7, 11) is 1.32. The second-order valence-corrected chi connectivity index (χ2v) is 7.44. The molecule has 0 saturated heterocycles. The van der Waals surface area contributed by atoms with Gasteiger partial charge in [-0.25, -0.2) is 14.2 Å². The number of esters is 1. The SMILES string of the molecule is COC(=O)c1ccc(NC(=O)CCc2csc3nc(-c4ccccc4F)cn23)cc1. The highest BCUT2D eigenvalue weighted by Crippen LogP contribution is 2.26. The van der Waals surface area contributed by atoms with Crippen LogP contribution in [0.25, 0.3) is 16.2 Å². The fourth-order valence-electron chi connectivity index (χ4n) is 3.08. The molecule has 8 heteroatoms. The van der Waals surface area contributed by atoms with E-state index in [1.807, 2.05) is 9.78 Å². The summed E-state index contributed by atoms with van der Waals surface area (Å²) in [6, 6.07) is 13.0. The van der Waals surface area contributed by atoms with Crippen molar-refractivity contribution in [2.24, 2.45) is 0 Å². The van der Waals surface area contributed by atoms with Gasteiger partial charge in [0.1, 0.15) is 5.82 Å². The Morgan fingerprint density at radius 1 is 1.17 bits per heavy atom. The molecule has 0 bridgehead atoms. The van der Waals surface area contributed by atoms with Crippen molar-refractivity contribution in [1.82, 2.24) is 9.38 Å². The van der Waals surface area contributed by atoms with Crippen LogP contribution in [0.2, 0.25) is 0 Å². The fraction of sp³-hybridized carbons (Fsp3) is 0.136. The number of hydrogen-bond acceptors (Lipinski definition) is 5. The van der Waals surface area contributed by atoms with E-state index in [4.69, 9.17) is 0 Å². The second kappa shape index (κ2) is 8.46. The predicted octanol–water partition coefficient (Wildman–Crippen LogP) is 4.56. The normalized spacial score (nSPS) is 10.9. The molecule has 0 spiro atoms. The van der Waals surface area contributed by atoms with Gasteiger partial charge in [-0.1, -0.05) is 12.1 Å². The van der Waals surface area contributed by atoms with Gasteiger partial charge in [0.05, 0.1) is 18.4 Å². The summed E-state index contributed by atoms with van der Waals surface area (Å²) in [6.45, 7) is 0. The summed E-state index contributed by atoms with van der Waals surface area (Å²) < 4.78 is 20.6. The number of anilines is 1. The van der Waals surface area contributed by atoms with Crippen molar-refractivity contribution >= 4 is 33.9 Å². The third-order valence-corrected chi connectivity index (χ3v) is 5.52. The third-order valence-electron chi connectivity index (χ3n) is 4.63. The quantitative estimate of drug-likeness (QED) is 0.462. The molecule has 0 unspecified atom stereocenters. The molecule has 0 atom stereocenters. The third kappa shape index (κ3) is 4.08. The van der Waals surface area contributed by atoms with E-state index in [9.17, 15) is 14.0 Å². The number of thiazole rings is 1. The fourth-order valence-corrected chi connectivity index (χ4v) is 3.99. The molecule has 1 N–H and O–H groups in total. The van der Waals surface area contributed by atoms with Gasteiger partial charge in [0.15, 0.2) is 4.96 Å². The molecule has 0 aliphatic carbocycles. The highest BCUT2D eigenvalue weighted by Gasteiger charge is 2.13. The first kappa shape index (κ1) is 19.8. The van der Waals surface area contributed by atoms with Gasteiger partial charge in [-0.2, -0.15) is 0 Å². The van der Waals surface area contributed by atoms with E-state index in [2.05, 4.69) is 15.0 Å². The van der Waals surface area contributed by atoms with E-state index in [0.29, 0.717) is 28.9 Å². The minimum Gasteiger partial charge on any atom is -0.465 e. The number of amides is 1. The highest BCUT2D eigenvalue weighted by molar-refractivity contribution is 7.15. The largest absolute Gasteiger partial charge is 0.465 e. The smallest absolute Gasteiger partial charge is 0.337 e. The number of aromatic nitrogens is 2. The average Bonchev–Trinajstić information content (AvgIpc) is 3.33. The zero-order valence-corrected chi connectivity index (χ0v) is 16.9. The summed E-state index contributed by atoms with van der Waals surface area (Å²) in [4.78, 5) is 29.0. The van der Waals surface area contributed by atoms with Crippen LogP contribution in [-0.4, -0.2) is 28.4 Å². The predicted molar refractivity (Wildman–Crippen MR) is 113 cm³/mol. The number of nitrogens with zero attached hydrogens (tertiary/aromatic N) is 2. The maximum Gasteiger partial charge on any atom is 0.337 e. The molecular formula is C22H18FN3O3S. The van der Waals surface area contributed by atoms with Crippen molar-refractivity contribution in [3.05, 3.63) is 77.2 Å². The zero-order valence-electron chi connectivity index (χ0n) is 16.1. The average molecular weight is 423 g/mol. The molecule has 1 amide bonds. The maximum absolute atomic E-state index is 14.0. The van der Waals surface area contributed by atoms with E-state index >= 15 is 0 Å². The van der Waals surface area contributed by atoms with Gasteiger partial charge in [0, 0.05) is 34.9 Å². The lowest BCUT2D eigenvalue weighted by molar-refractivity contribution is -0.116. The Balaban J connectivity index is 1.41. The second-order valence-electron chi connectivity index (χ2n) is 6.60. The topological polar surface area (TPSA) is 72.7 Å². The molecule has 0 aliphatic rings. The molecule has 30 heavy (non-hydrogen) atoms. The van der Waals surface area contributed by atoms with E-state index < -0.39 is 5.97 Å². The van der Waals surface area contributed by atoms with E-state index in [0.717, 1.165) is 10.7 Å². The monoisotopic (exact) mass is 423 g/mol. The van der Waals surface area contributed by atoms with Gasteiger partial charge >= 0.3 is 5.97 Å². The Bertz CT molecular complexity index is 1210. The van der Waals surface area contributed by atoms with Gasteiger partial charge in [-0.3, -0.25) is 9.20 Å². The number of halogens is 1. The number of fused-ring (bicyclic) bond motifs is 1. The number of nitrogens with one attached hydrogen (secondary N) is 1. The van der Waals surface area contributed by atoms with Crippen molar-refractivity contribution in [2.75, 3.05) is 12.4 Å². The number of imidazole rings is 1. The summed E-state index contributed by atoms with van der Waals surface area (Å²) in [5.74, 6) is -0.888. The van der Waals surface area contributed by atoms with Crippen molar-refractivity contribution in [2.45, 2.75) is 12.8 Å². The Labute approximate surface area is 176 Å². The molecular weight excluding hydrogens is 405 g/mol. The molecule has 0 aliphatic heterocycles. The minimum atomic E-state index is -0.426. The van der Waals surface area contributed by atoms with Crippen LogP contribution in [0.1, 0.15) is 22.5 Å². The lowest BCUT2D eigenvalue weighted by Gasteiger charge is -2.06. The van der Waals surface area contributed by atoms with Gasteiger partial charge in [0.25, 0.3) is 0 Å². The molecule has 2 aromatic heterocycles. The zero-order chi connectivity index (χ0) is 21.1. The molecule has 2 aromatic carbocycles. The van der Waals surface area contributed by atoms with Gasteiger partial charge in [0.2, 0.25) is 5.91 Å². The first-order chi connectivity index (χ1) is 14.5. The first-order valence-corrected chi connectivity index (χ1v) is 10.1. The van der Waals surface area contributed by atoms with Crippen molar-refractivity contribution in [1.29, 1.82) is 0 Å². The van der Waals surface area contributed by atoms with E-state index in [1.165, 1.54) is 24.5 Å². The standard InChI is InChI=1S/C22H18FN3O3S/c1-29-21(28)14-6-8-15(9-7-14)24-20(27)11-10-16-13-30-22-25-19(12-26(16)22)17-4-2-3-5-18(17)23/h2-9,12-13H,10-11H2,1H3,(H,24,27). The molecule has 2 heterocycles. The highest BCUT2D eigenvalue weighted by atomic mass is 32.1. The van der Waals surface area contributed by atoms with Crippen LogP contribution < -0.4 is 5.32 Å². The first-order valence-electron chi connectivity index (χ1n) is 9.24. The van der Waals surface area contributed by atoms with Gasteiger partial charge in [-0.05, 0) is 42.8 Å².